The van der Waals surface area contributed by atoms with Crippen LogP contribution >= 0.6 is 15.9 Å². The van der Waals surface area contributed by atoms with Crippen molar-refractivity contribution in [2.45, 2.75) is 12.3 Å². The van der Waals surface area contributed by atoms with Gasteiger partial charge in [-0.15, -0.1) is 0 Å². The third-order valence-corrected chi connectivity index (χ3v) is 5.04. The first-order chi connectivity index (χ1) is 11.6. The number of carbonyl (C=O) groups excluding carboxylic acids is 1. The summed E-state index contributed by atoms with van der Waals surface area (Å²) in [4.78, 5) is 13.1. The van der Waals surface area contributed by atoms with Crippen LogP contribution in [0.4, 0.5) is 0 Å². The lowest BCUT2D eigenvalue weighted by Gasteiger charge is -2.27. The van der Waals surface area contributed by atoms with Crippen LogP contribution in [-0.4, -0.2) is 5.97 Å². The number of fused-ring (bicyclic) bond motifs is 1. The molecule has 3 aromatic carbocycles. The molecule has 1 aliphatic heterocycles. The molecule has 0 aromatic heterocycles. The van der Waals surface area contributed by atoms with Crippen LogP contribution in [0.1, 0.15) is 22.3 Å². The van der Waals surface area contributed by atoms with Crippen LogP contribution < -0.4 is 4.74 Å². The van der Waals surface area contributed by atoms with Crippen molar-refractivity contribution in [2.24, 2.45) is 0 Å². The van der Waals surface area contributed by atoms with Crippen LogP contribution in [0.15, 0.2) is 77.3 Å². The summed E-state index contributed by atoms with van der Waals surface area (Å²) in [5.41, 5.74) is 2.92. The number of halogens is 1. The summed E-state index contributed by atoms with van der Waals surface area (Å²) in [5.74, 6) is 0.360. The zero-order valence-corrected chi connectivity index (χ0v) is 14.7. The highest BCUT2D eigenvalue weighted by atomic mass is 79.9. The average molecular weight is 379 g/mol. The molecule has 1 heterocycles. The van der Waals surface area contributed by atoms with Crippen LogP contribution in [0.2, 0.25) is 0 Å². The zero-order valence-electron chi connectivity index (χ0n) is 13.1. The predicted octanol–water partition coefficient (Wildman–Crippen LogP) is 5.01. The molecule has 3 aromatic rings. The standard InChI is InChI=1S/C21H15BrO2/c1-14-7-9-16(10-8-14)21(15-5-3-2-4-6-15)18-13-17(22)11-12-19(18)24-20(21)23/h2-13H,1H3. The van der Waals surface area contributed by atoms with E-state index in [0.29, 0.717) is 5.75 Å². The van der Waals surface area contributed by atoms with Gasteiger partial charge in [0.05, 0.1) is 0 Å². The van der Waals surface area contributed by atoms with Crippen molar-refractivity contribution in [1.29, 1.82) is 0 Å². The minimum Gasteiger partial charge on any atom is -0.425 e. The molecule has 0 amide bonds. The van der Waals surface area contributed by atoms with E-state index in [1.54, 1.807) is 0 Å². The SMILES string of the molecule is Cc1ccc(C2(c3ccccc3)C(=O)Oc3ccc(Br)cc32)cc1. The second-order valence-electron chi connectivity index (χ2n) is 6.01. The van der Waals surface area contributed by atoms with Gasteiger partial charge in [0.2, 0.25) is 0 Å². The Morgan fingerprint density at radius 2 is 1.54 bits per heavy atom. The number of ether oxygens (including phenoxy) is 1. The highest BCUT2D eigenvalue weighted by Gasteiger charge is 2.52. The van der Waals surface area contributed by atoms with Gasteiger partial charge in [0.25, 0.3) is 0 Å². The lowest BCUT2D eigenvalue weighted by Crippen LogP contribution is -2.36. The first-order valence-corrected chi connectivity index (χ1v) is 8.56. The predicted molar refractivity (Wildman–Crippen MR) is 97.3 cm³/mol. The Labute approximate surface area is 149 Å². The van der Waals surface area contributed by atoms with Crippen molar-refractivity contribution >= 4 is 21.9 Å². The Bertz CT molecular complexity index is 916. The topological polar surface area (TPSA) is 26.3 Å². The van der Waals surface area contributed by atoms with Gasteiger partial charge >= 0.3 is 5.97 Å². The third kappa shape index (κ3) is 2.12. The molecule has 2 nitrogen and oxygen atoms in total. The van der Waals surface area contributed by atoms with E-state index in [2.05, 4.69) is 15.9 Å². The molecule has 0 bridgehead atoms. The number of hydrogen-bond donors (Lipinski definition) is 0. The summed E-state index contributed by atoms with van der Waals surface area (Å²) in [7, 11) is 0. The summed E-state index contributed by atoms with van der Waals surface area (Å²) >= 11 is 3.53. The first-order valence-electron chi connectivity index (χ1n) is 7.77. The second-order valence-corrected chi connectivity index (χ2v) is 6.93. The molecular weight excluding hydrogens is 364 g/mol. The minimum absolute atomic E-state index is 0.259. The molecule has 1 atom stereocenters. The molecule has 3 heteroatoms. The highest BCUT2D eigenvalue weighted by molar-refractivity contribution is 9.10. The number of rotatable bonds is 2. The largest absolute Gasteiger partial charge is 0.425 e. The molecule has 24 heavy (non-hydrogen) atoms. The van der Waals surface area contributed by atoms with Gasteiger partial charge in [0, 0.05) is 10.0 Å². The Balaban J connectivity index is 2.08. The Morgan fingerprint density at radius 1 is 0.875 bits per heavy atom. The van der Waals surface area contributed by atoms with Crippen molar-refractivity contribution in [2.75, 3.05) is 0 Å². The van der Waals surface area contributed by atoms with Crippen molar-refractivity contribution in [3.8, 4) is 5.75 Å². The molecule has 1 unspecified atom stereocenters. The monoisotopic (exact) mass is 378 g/mol. The number of hydrogen-bond acceptors (Lipinski definition) is 2. The Hall–Kier alpha value is -2.39. The maximum Gasteiger partial charge on any atom is 0.331 e. The smallest absolute Gasteiger partial charge is 0.331 e. The molecule has 0 saturated carbocycles. The van der Waals surface area contributed by atoms with Crippen molar-refractivity contribution in [1.82, 2.24) is 0 Å². The van der Waals surface area contributed by atoms with E-state index in [4.69, 9.17) is 4.74 Å². The summed E-state index contributed by atoms with van der Waals surface area (Å²) in [6.07, 6.45) is 0. The number of carbonyl (C=O) groups is 1. The van der Waals surface area contributed by atoms with E-state index >= 15 is 0 Å². The quantitative estimate of drug-likeness (QED) is 0.462. The zero-order chi connectivity index (χ0) is 16.7. The van der Waals surface area contributed by atoms with Gasteiger partial charge in [-0.1, -0.05) is 76.1 Å². The van der Waals surface area contributed by atoms with E-state index in [0.717, 1.165) is 26.7 Å². The van der Waals surface area contributed by atoms with Gasteiger partial charge in [-0.25, -0.2) is 4.79 Å². The first kappa shape index (κ1) is 15.2. The summed E-state index contributed by atoms with van der Waals surface area (Å²) in [5, 5.41) is 0. The summed E-state index contributed by atoms with van der Waals surface area (Å²) in [6, 6.07) is 23.6. The van der Waals surface area contributed by atoms with Crippen LogP contribution in [0.5, 0.6) is 5.75 Å². The maximum atomic E-state index is 13.1. The van der Waals surface area contributed by atoms with Gasteiger partial charge in [0.15, 0.2) is 0 Å². The molecule has 1 aliphatic rings. The average Bonchev–Trinajstić information content (AvgIpc) is 2.89. The molecule has 0 spiro atoms. The van der Waals surface area contributed by atoms with Gasteiger partial charge in [-0.05, 0) is 36.2 Å². The van der Waals surface area contributed by atoms with Gasteiger partial charge < -0.3 is 4.74 Å². The summed E-state index contributed by atoms with van der Waals surface area (Å²) < 4.78 is 6.58. The lowest BCUT2D eigenvalue weighted by atomic mass is 9.70. The van der Waals surface area contributed by atoms with E-state index in [1.165, 1.54) is 0 Å². The fourth-order valence-electron chi connectivity index (χ4n) is 3.38. The molecule has 4 rings (SSSR count). The molecule has 118 valence electrons. The van der Waals surface area contributed by atoms with Gasteiger partial charge in [-0.2, -0.15) is 0 Å². The summed E-state index contributed by atoms with van der Waals surface area (Å²) in [6.45, 7) is 2.04. The second kappa shape index (κ2) is 5.60. The molecule has 0 N–H and O–H groups in total. The van der Waals surface area contributed by atoms with E-state index in [1.807, 2.05) is 79.7 Å². The van der Waals surface area contributed by atoms with Crippen molar-refractivity contribution in [3.63, 3.8) is 0 Å². The normalized spacial score (nSPS) is 19.0. The van der Waals surface area contributed by atoms with Crippen molar-refractivity contribution < 1.29 is 9.53 Å². The molecular formula is C21H15BrO2. The molecule has 0 fully saturated rings. The van der Waals surface area contributed by atoms with E-state index < -0.39 is 5.41 Å². The fourth-order valence-corrected chi connectivity index (χ4v) is 3.74. The Kier molecular flexibility index (Phi) is 3.54. The molecule has 0 saturated heterocycles. The molecule has 0 radical (unpaired) electrons. The maximum absolute atomic E-state index is 13.1. The third-order valence-electron chi connectivity index (χ3n) is 4.55. The van der Waals surface area contributed by atoms with Crippen molar-refractivity contribution in [3.05, 3.63) is 99.5 Å². The van der Waals surface area contributed by atoms with E-state index in [-0.39, 0.29) is 5.97 Å². The van der Waals surface area contributed by atoms with E-state index in [9.17, 15) is 4.79 Å². The van der Waals surface area contributed by atoms with Crippen LogP contribution in [0.3, 0.4) is 0 Å². The minimum atomic E-state index is -0.936. The molecule has 0 aliphatic carbocycles. The highest BCUT2D eigenvalue weighted by Crippen LogP contribution is 2.49. The van der Waals surface area contributed by atoms with Crippen LogP contribution in [-0.2, 0) is 10.2 Å². The van der Waals surface area contributed by atoms with Gasteiger partial charge in [0.1, 0.15) is 11.2 Å². The Morgan fingerprint density at radius 3 is 2.25 bits per heavy atom. The lowest BCUT2D eigenvalue weighted by molar-refractivity contribution is -0.135. The number of esters is 1. The fraction of sp³-hybridized carbons (Fsp3) is 0.0952. The van der Waals surface area contributed by atoms with Crippen LogP contribution in [0, 0.1) is 6.92 Å². The van der Waals surface area contributed by atoms with Crippen LogP contribution in [0.25, 0.3) is 0 Å². The number of aryl methyl sites for hydroxylation is 1. The van der Waals surface area contributed by atoms with Gasteiger partial charge in [-0.3, -0.25) is 0 Å². The number of benzene rings is 3.